The first-order chi connectivity index (χ1) is 9.61. The highest BCUT2D eigenvalue weighted by Crippen LogP contribution is 2.28. The van der Waals surface area contributed by atoms with Gasteiger partial charge in [-0.05, 0) is 30.7 Å². The summed E-state index contributed by atoms with van der Waals surface area (Å²) in [6, 6.07) is 10.7. The Bertz CT molecular complexity index is 651. The van der Waals surface area contributed by atoms with Gasteiger partial charge in [-0.25, -0.2) is 4.98 Å². The Morgan fingerprint density at radius 2 is 2.25 bits per heavy atom. The maximum absolute atomic E-state index is 9.47. The zero-order valence-electron chi connectivity index (χ0n) is 10.9. The van der Waals surface area contributed by atoms with E-state index in [1.54, 1.807) is 43.5 Å². The zero-order chi connectivity index (χ0) is 14.5. The van der Waals surface area contributed by atoms with Crippen molar-refractivity contribution >= 4 is 11.6 Å². The normalized spacial score (nSPS) is 11.7. The number of rotatable bonds is 4. The monoisotopic (exact) mass is 288 g/mol. The Balaban J connectivity index is 2.14. The predicted molar refractivity (Wildman–Crippen MR) is 75.4 cm³/mol. The predicted octanol–water partition coefficient (Wildman–Crippen LogP) is 3.24. The fourth-order valence-corrected chi connectivity index (χ4v) is 1.95. The van der Waals surface area contributed by atoms with Gasteiger partial charge in [0.05, 0.1) is 11.1 Å². The first-order valence-corrected chi connectivity index (χ1v) is 6.44. The van der Waals surface area contributed by atoms with Crippen LogP contribution in [0.1, 0.15) is 29.8 Å². The Hall–Kier alpha value is -2.09. The number of nitriles is 1. The van der Waals surface area contributed by atoms with Crippen LogP contribution in [0, 0.1) is 11.3 Å². The molecule has 4 nitrogen and oxygen atoms in total. The number of hydrogen-bond donors (Lipinski definition) is 1. The molecule has 1 aromatic heterocycles. The van der Waals surface area contributed by atoms with Crippen LogP contribution in [0.2, 0.25) is 5.02 Å². The van der Waals surface area contributed by atoms with Gasteiger partial charge in [0.25, 0.3) is 0 Å². The highest BCUT2D eigenvalue weighted by molar-refractivity contribution is 6.32. The van der Waals surface area contributed by atoms with Gasteiger partial charge in [-0.15, -0.1) is 0 Å². The third-order valence-electron chi connectivity index (χ3n) is 2.82. The van der Waals surface area contributed by atoms with Gasteiger partial charge < -0.3 is 9.84 Å². The standard InChI is InChI=1S/C15H13ClN2O2/c1-10(19)11-4-5-15(13(16)7-11)20-9-12-3-2-6-18-14(12)8-17/h2-7,10,19H,9H2,1H3/t10-/m0/s1. The molecular weight excluding hydrogens is 276 g/mol. The third kappa shape index (κ3) is 3.27. The summed E-state index contributed by atoms with van der Waals surface area (Å²) in [6.45, 7) is 1.88. The molecule has 0 saturated heterocycles. The second kappa shape index (κ2) is 6.38. The maximum Gasteiger partial charge on any atom is 0.147 e. The lowest BCUT2D eigenvalue weighted by Crippen LogP contribution is -2.00. The number of nitrogens with zero attached hydrogens (tertiary/aromatic N) is 2. The summed E-state index contributed by atoms with van der Waals surface area (Å²) in [4.78, 5) is 3.96. The van der Waals surface area contributed by atoms with Gasteiger partial charge in [0, 0.05) is 11.8 Å². The first-order valence-electron chi connectivity index (χ1n) is 6.06. The molecule has 0 fully saturated rings. The summed E-state index contributed by atoms with van der Waals surface area (Å²) < 4.78 is 5.60. The Morgan fingerprint density at radius 3 is 2.90 bits per heavy atom. The smallest absolute Gasteiger partial charge is 0.147 e. The van der Waals surface area contributed by atoms with E-state index in [0.29, 0.717) is 22.0 Å². The van der Waals surface area contributed by atoms with Crippen LogP contribution in [0.4, 0.5) is 0 Å². The molecule has 1 heterocycles. The van der Waals surface area contributed by atoms with Crippen molar-refractivity contribution in [3.05, 3.63) is 58.4 Å². The lowest BCUT2D eigenvalue weighted by atomic mass is 10.1. The van der Waals surface area contributed by atoms with E-state index in [2.05, 4.69) is 4.98 Å². The molecule has 0 saturated carbocycles. The van der Waals surface area contributed by atoms with Crippen molar-refractivity contribution in [2.24, 2.45) is 0 Å². The van der Waals surface area contributed by atoms with Crippen LogP contribution < -0.4 is 4.74 Å². The van der Waals surface area contributed by atoms with Crippen molar-refractivity contribution < 1.29 is 9.84 Å². The number of aliphatic hydroxyl groups is 1. The van der Waals surface area contributed by atoms with Crippen molar-refractivity contribution in [3.63, 3.8) is 0 Å². The van der Waals surface area contributed by atoms with Gasteiger partial charge in [0.1, 0.15) is 24.1 Å². The summed E-state index contributed by atoms with van der Waals surface area (Å²) in [6.07, 6.45) is 0.983. The van der Waals surface area contributed by atoms with Crippen molar-refractivity contribution in [3.8, 4) is 11.8 Å². The number of ether oxygens (including phenoxy) is 1. The highest BCUT2D eigenvalue weighted by atomic mass is 35.5. The van der Waals surface area contributed by atoms with Crippen LogP contribution in [0.15, 0.2) is 36.5 Å². The minimum Gasteiger partial charge on any atom is -0.487 e. The van der Waals surface area contributed by atoms with Crippen LogP contribution >= 0.6 is 11.6 Å². The van der Waals surface area contributed by atoms with Gasteiger partial charge in [0.15, 0.2) is 0 Å². The zero-order valence-corrected chi connectivity index (χ0v) is 11.6. The maximum atomic E-state index is 9.47. The molecule has 0 aliphatic heterocycles. The molecule has 1 atom stereocenters. The van der Waals surface area contributed by atoms with Gasteiger partial charge >= 0.3 is 0 Å². The second-order valence-electron chi connectivity index (χ2n) is 4.28. The molecule has 0 aliphatic rings. The largest absolute Gasteiger partial charge is 0.487 e. The molecule has 0 spiro atoms. The number of halogens is 1. The SMILES string of the molecule is C[C@H](O)c1ccc(OCc2cccnc2C#N)c(Cl)c1. The van der Waals surface area contributed by atoms with Crippen LogP contribution in [-0.2, 0) is 6.61 Å². The van der Waals surface area contributed by atoms with Crippen molar-refractivity contribution in [1.29, 1.82) is 5.26 Å². The Morgan fingerprint density at radius 1 is 1.45 bits per heavy atom. The number of hydrogen-bond acceptors (Lipinski definition) is 4. The van der Waals surface area contributed by atoms with E-state index < -0.39 is 6.10 Å². The van der Waals surface area contributed by atoms with E-state index in [1.807, 2.05) is 6.07 Å². The van der Waals surface area contributed by atoms with Crippen LogP contribution in [0.3, 0.4) is 0 Å². The van der Waals surface area contributed by atoms with Gasteiger partial charge in [0.2, 0.25) is 0 Å². The number of pyridine rings is 1. The number of benzene rings is 1. The molecule has 1 N–H and O–H groups in total. The fourth-order valence-electron chi connectivity index (χ4n) is 1.71. The van der Waals surface area contributed by atoms with E-state index in [1.165, 1.54) is 0 Å². The summed E-state index contributed by atoms with van der Waals surface area (Å²) in [5.74, 6) is 0.504. The lowest BCUT2D eigenvalue weighted by Gasteiger charge is -2.11. The molecule has 5 heteroatoms. The molecule has 0 unspecified atom stereocenters. The van der Waals surface area contributed by atoms with E-state index in [0.717, 1.165) is 5.56 Å². The van der Waals surface area contributed by atoms with Crippen LogP contribution in [0.5, 0.6) is 5.75 Å². The molecular formula is C15H13ClN2O2. The Labute approximate surface area is 122 Å². The highest BCUT2D eigenvalue weighted by Gasteiger charge is 2.08. The topological polar surface area (TPSA) is 66.1 Å². The summed E-state index contributed by atoms with van der Waals surface area (Å²) in [5.41, 5.74) is 1.76. The molecule has 1 aromatic carbocycles. The molecule has 2 aromatic rings. The fraction of sp³-hybridized carbons (Fsp3) is 0.200. The van der Waals surface area contributed by atoms with Gasteiger partial charge in [-0.3, -0.25) is 0 Å². The van der Waals surface area contributed by atoms with Crippen molar-refractivity contribution in [2.75, 3.05) is 0 Å². The third-order valence-corrected chi connectivity index (χ3v) is 3.11. The molecule has 0 radical (unpaired) electrons. The van der Waals surface area contributed by atoms with Gasteiger partial charge in [-0.1, -0.05) is 23.7 Å². The molecule has 0 amide bonds. The second-order valence-corrected chi connectivity index (χ2v) is 4.68. The summed E-state index contributed by atoms with van der Waals surface area (Å²) in [7, 11) is 0. The van der Waals surface area contributed by atoms with Crippen LogP contribution in [-0.4, -0.2) is 10.1 Å². The average molecular weight is 289 g/mol. The number of aliphatic hydroxyl groups excluding tert-OH is 1. The van der Waals surface area contributed by atoms with Crippen molar-refractivity contribution in [2.45, 2.75) is 19.6 Å². The van der Waals surface area contributed by atoms with Crippen LogP contribution in [0.25, 0.3) is 0 Å². The lowest BCUT2D eigenvalue weighted by molar-refractivity contribution is 0.199. The van der Waals surface area contributed by atoms with E-state index >= 15 is 0 Å². The Kier molecular flexibility index (Phi) is 4.57. The van der Waals surface area contributed by atoms with E-state index in [4.69, 9.17) is 21.6 Å². The molecule has 0 bridgehead atoms. The minimum atomic E-state index is -0.579. The van der Waals surface area contributed by atoms with E-state index in [-0.39, 0.29) is 6.61 Å². The summed E-state index contributed by atoms with van der Waals surface area (Å²) >= 11 is 6.10. The molecule has 0 aliphatic carbocycles. The van der Waals surface area contributed by atoms with Gasteiger partial charge in [-0.2, -0.15) is 5.26 Å². The average Bonchev–Trinajstić information content (AvgIpc) is 2.46. The summed E-state index contributed by atoms with van der Waals surface area (Å²) in [5, 5.41) is 18.8. The molecule has 2 rings (SSSR count). The quantitative estimate of drug-likeness (QED) is 0.938. The first kappa shape index (κ1) is 14.3. The minimum absolute atomic E-state index is 0.213. The number of aromatic nitrogens is 1. The molecule has 20 heavy (non-hydrogen) atoms. The van der Waals surface area contributed by atoms with E-state index in [9.17, 15) is 5.11 Å². The molecule has 102 valence electrons. The van der Waals surface area contributed by atoms with Crippen molar-refractivity contribution in [1.82, 2.24) is 4.98 Å².